The minimum Gasteiger partial charge on any atom is -0.505 e. The fourth-order valence-electron chi connectivity index (χ4n) is 2.73. The van der Waals surface area contributed by atoms with Crippen molar-refractivity contribution in [2.24, 2.45) is 5.92 Å². The second-order valence-corrected chi connectivity index (χ2v) is 4.49. The standard InChI is InChI=1S/C13H17FO.C2H6/c1-3-9-8-13(9,4-2)10-5-6-11(14)12(15)7-10;1-2/h5-7,9,15H,3-4,8H2,1-2H3;1-2H3/t9-,13?;/m1./s1. The predicted molar refractivity (Wildman–Crippen MR) is 69.8 cm³/mol. The van der Waals surface area contributed by atoms with Crippen LogP contribution in [0.25, 0.3) is 0 Å². The molecular weight excluding hydrogens is 215 g/mol. The molecule has 1 aliphatic carbocycles. The molecule has 0 aromatic heterocycles. The number of rotatable bonds is 3. The van der Waals surface area contributed by atoms with Gasteiger partial charge in [-0.3, -0.25) is 0 Å². The molecule has 1 aromatic carbocycles. The van der Waals surface area contributed by atoms with Crippen LogP contribution in [0.2, 0.25) is 0 Å². The first kappa shape index (κ1) is 14.0. The van der Waals surface area contributed by atoms with Crippen LogP contribution in [0.15, 0.2) is 18.2 Å². The first-order valence-electron chi connectivity index (χ1n) is 6.63. The van der Waals surface area contributed by atoms with Crippen LogP contribution in [-0.4, -0.2) is 5.11 Å². The molecule has 1 aromatic rings. The van der Waals surface area contributed by atoms with Crippen molar-refractivity contribution in [2.45, 2.75) is 52.4 Å². The lowest BCUT2D eigenvalue weighted by molar-refractivity contribution is 0.429. The van der Waals surface area contributed by atoms with Crippen LogP contribution in [-0.2, 0) is 5.41 Å². The van der Waals surface area contributed by atoms with E-state index in [9.17, 15) is 9.50 Å². The van der Waals surface area contributed by atoms with E-state index in [4.69, 9.17) is 0 Å². The van der Waals surface area contributed by atoms with Gasteiger partial charge < -0.3 is 5.11 Å². The van der Waals surface area contributed by atoms with E-state index in [0.29, 0.717) is 5.92 Å². The zero-order chi connectivity index (χ0) is 13.1. The third kappa shape index (κ3) is 2.46. The monoisotopic (exact) mass is 238 g/mol. The lowest BCUT2D eigenvalue weighted by Gasteiger charge is -2.15. The second-order valence-electron chi connectivity index (χ2n) is 4.49. The van der Waals surface area contributed by atoms with Crippen molar-refractivity contribution in [3.05, 3.63) is 29.6 Å². The number of phenolic OH excluding ortho intramolecular Hbond substituents is 1. The summed E-state index contributed by atoms with van der Waals surface area (Å²) in [6, 6.07) is 4.77. The number of aromatic hydroxyl groups is 1. The van der Waals surface area contributed by atoms with Gasteiger partial charge in [0.05, 0.1) is 0 Å². The molecule has 0 heterocycles. The Labute approximate surface area is 104 Å². The average Bonchev–Trinajstić information content (AvgIpc) is 3.10. The van der Waals surface area contributed by atoms with Gasteiger partial charge in [0.2, 0.25) is 0 Å². The van der Waals surface area contributed by atoms with Crippen molar-refractivity contribution in [1.82, 2.24) is 0 Å². The summed E-state index contributed by atoms with van der Waals surface area (Å²) < 4.78 is 12.9. The summed E-state index contributed by atoms with van der Waals surface area (Å²) in [6.07, 6.45) is 3.40. The summed E-state index contributed by atoms with van der Waals surface area (Å²) in [5.74, 6) is -0.0480. The fraction of sp³-hybridized carbons (Fsp3) is 0.600. The highest BCUT2D eigenvalue weighted by Gasteiger charge is 2.52. The van der Waals surface area contributed by atoms with Crippen molar-refractivity contribution in [3.63, 3.8) is 0 Å². The summed E-state index contributed by atoms with van der Waals surface area (Å²) in [6.45, 7) is 8.35. The molecule has 1 unspecified atom stereocenters. The van der Waals surface area contributed by atoms with E-state index in [0.717, 1.165) is 18.4 Å². The van der Waals surface area contributed by atoms with Crippen LogP contribution in [0, 0.1) is 11.7 Å². The summed E-state index contributed by atoms with van der Waals surface area (Å²) in [4.78, 5) is 0. The van der Waals surface area contributed by atoms with Gasteiger partial charge >= 0.3 is 0 Å². The number of halogens is 1. The van der Waals surface area contributed by atoms with Gasteiger partial charge in [0.1, 0.15) is 0 Å². The quantitative estimate of drug-likeness (QED) is 0.813. The van der Waals surface area contributed by atoms with Gasteiger partial charge in [-0.1, -0.05) is 40.2 Å². The Morgan fingerprint density at radius 3 is 2.41 bits per heavy atom. The molecule has 0 spiro atoms. The Hall–Kier alpha value is -1.05. The van der Waals surface area contributed by atoms with E-state index in [-0.39, 0.29) is 11.2 Å². The van der Waals surface area contributed by atoms with Crippen molar-refractivity contribution in [3.8, 4) is 5.75 Å². The molecule has 2 heteroatoms. The molecule has 0 aliphatic heterocycles. The minimum absolute atomic E-state index is 0.208. The van der Waals surface area contributed by atoms with Crippen LogP contribution in [0.4, 0.5) is 4.39 Å². The lowest BCUT2D eigenvalue weighted by Crippen LogP contribution is -2.08. The number of phenols is 1. The topological polar surface area (TPSA) is 20.2 Å². The molecule has 0 bridgehead atoms. The van der Waals surface area contributed by atoms with Gasteiger partial charge in [-0.2, -0.15) is 0 Å². The molecule has 96 valence electrons. The van der Waals surface area contributed by atoms with Crippen LogP contribution in [0.1, 0.15) is 52.5 Å². The second kappa shape index (κ2) is 5.52. The molecule has 1 saturated carbocycles. The third-order valence-electron chi connectivity index (χ3n) is 3.88. The van der Waals surface area contributed by atoms with Crippen molar-refractivity contribution in [1.29, 1.82) is 0 Å². The molecule has 0 radical (unpaired) electrons. The van der Waals surface area contributed by atoms with Crippen molar-refractivity contribution < 1.29 is 9.50 Å². The Balaban J connectivity index is 0.000000686. The lowest BCUT2D eigenvalue weighted by atomic mass is 9.89. The molecule has 1 nitrogen and oxygen atoms in total. The molecule has 17 heavy (non-hydrogen) atoms. The maximum absolute atomic E-state index is 12.9. The number of hydrogen-bond donors (Lipinski definition) is 1. The molecule has 1 fully saturated rings. The average molecular weight is 238 g/mol. The summed E-state index contributed by atoms with van der Waals surface area (Å²) in [5.41, 5.74) is 1.30. The predicted octanol–water partition coefficient (Wildman–Crippen LogP) is 4.64. The van der Waals surface area contributed by atoms with Gasteiger partial charge in [-0.05, 0) is 41.9 Å². The Kier molecular flexibility index (Phi) is 4.55. The van der Waals surface area contributed by atoms with Crippen LogP contribution in [0.3, 0.4) is 0 Å². The first-order chi connectivity index (χ1) is 8.14. The molecule has 0 amide bonds. The van der Waals surface area contributed by atoms with E-state index in [1.165, 1.54) is 12.5 Å². The zero-order valence-electron chi connectivity index (χ0n) is 11.3. The van der Waals surface area contributed by atoms with E-state index < -0.39 is 5.82 Å². The maximum atomic E-state index is 12.9. The SMILES string of the molecule is CC.CC[C@@H]1CC1(CC)c1ccc(F)c(O)c1. The third-order valence-corrected chi connectivity index (χ3v) is 3.88. The molecular formula is C15H23FO. The normalized spacial score (nSPS) is 26.1. The molecule has 2 rings (SSSR count). The molecule has 1 aliphatic rings. The molecule has 1 N–H and O–H groups in total. The number of benzene rings is 1. The Morgan fingerprint density at radius 2 is 2.00 bits per heavy atom. The largest absolute Gasteiger partial charge is 0.505 e. The van der Waals surface area contributed by atoms with Gasteiger partial charge in [0.15, 0.2) is 11.6 Å². The smallest absolute Gasteiger partial charge is 0.164 e. The fourth-order valence-corrected chi connectivity index (χ4v) is 2.73. The summed E-state index contributed by atoms with van der Waals surface area (Å²) in [7, 11) is 0. The highest BCUT2D eigenvalue weighted by molar-refractivity contribution is 5.39. The van der Waals surface area contributed by atoms with Crippen LogP contribution < -0.4 is 0 Å². The zero-order valence-corrected chi connectivity index (χ0v) is 11.3. The maximum Gasteiger partial charge on any atom is 0.164 e. The highest BCUT2D eigenvalue weighted by atomic mass is 19.1. The van der Waals surface area contributed by atoms with E-state index in [1.54, 1.807) is 6.07 Å². The summed E-state index contributed by atoms with van der Waals surface area (Å²) >= 11 is 0. The molecule has 0 saturated heterocycles. The Bertz CT molecular complexity index is 375. The van der Waals surface area contributed by atoms with Gasteiger partial charge in [-0.15, -0.1) is 0 Å². The van der Waals surface area contributed by atoms with Gasteiger partial charge in [0.25, 0.3) is 0 Å². The first-order valence-corrected chi connectivity index (χ1v) is 6.63. The van der Waals surface area contributed by atoms with E-state index in [2.05, 4.69) is 13.8 Å². The van der Waals surface area contributed by atoms with Gasteiger partial charge in [0, 0.05) is 0 Å². The minimum atomic E-state index is -0.529. The number of hydrogen-bond acceptors (Lipinski definition) is 1. The molecule has 2 atom stereocenters. The van der Waals surface area contributed by atoms with E-state index in [1.807, 2.05) is 19.9 Å². The van der Waals surface area contributed by atoms with Crippen LogP contribution in [0.5, 0.6) is 5.75 Å². The summed E-state index contributed by atoms with van der Waals surface area (Å²) in [5, 5.41) is 9.37. The highest BCUT2D eigenvalue weighted by Crippen LogP contribution is 2.58. The van der Waals surface area contributed by atoms with Crippen molar-refractivity contribution >= 4 is 0 Å². The van der Waals surface area contributed by atoms with E-state index >= 15 is 0 Å². The van der Waals surface area contributed by atoms with Crippen molar-refractivity contribution in [2.75, 3.05) is 0 Å². The van der Waals surface area contributed by atoms with Crippen LogP contribution >= 0.6 is 0 Å². The Morgan fingerprint density at radius 1 is 1.35 bits per heavy atom. The van der Waals surface area contributed by atoms with Gasteiger partial charge in [-0.25, -0.2) is 4.39 Å².